The van der Waals surface area contributed by atoms with Crippen LogP contribution in [0.15, 0.2) is 47.4 Å². The molecular formula is C22H28N2OS. The molecule has 1 amide bonds. The summed E-state index contributed by atoms with van der Waals surface area (Å²) in [6.07, 6.45) is 0. The Morgan fingerprint density at radius 1 is 0.962 bits per heavy atom. The molecule has 1 fully saturated rings. The fraction of sp³-hybridized carbons (Fsp3) is 0.409. The molecule has 1 aliphatic rings. The van der Waals surface area contributed by atoms with Crippen molar-refractivity contribution in [1.82, 2.24) is 4.90 Å². The molecule has 0 unspecified atom stereocenters. The molecule has 1 aliphatic heterocycles. The highest BCUT2D eigenvalue weighted by Gasteiger charge is 2.24. The van der Waals surface area contributed by atoms with E-state index in [9.17, 15) is 4.79 Å². The third-order valence-electron chi connectivity index (χ3n) is 4.96. The molecular weight excluding hydrogens is 340 g/mol. The predicted octanol–water partition coefficient (Wildman–Crippen LogP) is 4.77. The zero-order valence-corrected chi connectivity index (χ0v) is 17.0. The number of benzene rings is 2. The van der Waals surface area contributed by atoms with Crippen LogP contribution in [0.1, 0.15) is 35.3 Å². The molecule has 1 saturated heterocycles. The quantitative estimate of drug-likeness (QED) is 0.727. The average molecular weight is 369 g/mol. The van der Waals surface area contributed by atoms with Gasteiger partial charge in [0.05, 0.1) is 5.56 Å². The van der Waals surface area contributed by atoms with E-state index in [0.717, 1.165) is 36.6 Å². The molecule has 1 heterocycles. The van der Waals surface area contributed by atoms with E-state index in [0.29, 0.717) is 5.25 Å². The van der Waals surface area contributed by atoms with Crippen LogP contribution in [0.3, 0.4) is 0 Å². The lowest BCUT2D eigenvalue weighted by Gasteiger charge is -2.37. The van der Waals surface area contributed by atoms with Gasteiger partial charge in [0.2, 0.25) is 0 Å². The number of nitrogens with zero attached hydrogens (tertiary/aromatic N) is 2. The van der Waals surface area contributed by atoms with Crippen molar-refractivity contribution >= 4 is 23.4 Å². The summed E-state index contributed by atoms with van der Waals surface area (Å²) in [4.78, 5) is 18.6. The standard InChI is InChI=1S/C22H28N2OS/c1-16(2)26-21-11-6-5-9-19(21)22(25)24-14-12-23(13-15-24)20-10-7-8-17(3)18(20)4/h5-11,16H,12-15H2,1-4H3. The Labute approximate surface area is 161 Å². The van der Waals surface area contributed by atoms with Crippen molar-refractivity contribution in [2.45, 2.75) is 37.8 Å². The predicted molar refractivity (Wildman–Crippen MR) is 111 cm³/mol. The van der Waals surface area contributed by atoms with Gasteiger partial charge in [-0.1, -0.05) is 38.1 Å². The van der Waals surface area contributed by atoms with Crippen molar-refractivity contribution in [3.63, 3.8) is 0 Å². The van der Waals surface area contributed by atoms with Gasteiger partial charge >= 0.3 is 0 Å². The van der Waals surface area contributed by atoms with Gasteiger partial charge in [0.25, 0.3) is 5.91 Å². The molecule has 0 spiro atoms. The highest BCUT2D eigenvalue weighted by Crippen LogP contribution is 2.28. The molecule has 2 aromatic rings. The van der Waals surface area contributed by atoms with Crippen LogP contribution in [0.2, 0.25) is 0 Å². The van der Waals surface area contributed by atoms with Crippen molar-refractivity contribution in [3.8, 4) is 0 Å². The number of hydrogen-bond acceptors (Lipinski definition) is 3. The normalized spacial score (nSPS) is 14.8. The van der Waals surface area contributed by atoms with Gasteiger partial charge in [-0.3, -0.25) is 4.79 Å². The van der Waals surface area contributed by atoms with Crippen LogP contribution < -0.4 is 4.90 Å². The summed E-state index contributed by atoms with van der Waals surface area (Å²) >= 11 is 1.76. The van der Waals surface area contributed by atoms with Crippen molar-refractivity contribution in [3.05, 3.63) is 59.2 Å². The van der Waals surface area contributed by atoms with Gasteiger partial charge in [-0.25, -0.2) is 0 Å². The van der Waals surface area contributed by atoms with E-state index in [1.165, 1.54) is 16.8 Å². The van der Waals surface area contributed by atoms with E-state index in [4.69, 9.17) is 0 Å². The Morgan fingerprint density at radius 2 is 1.65 bits per heavy atom. The highest BCUT2D eigenvalue weighted by atomic mass is 32.2. The minimum absolute atomic E-state index is 0.161. The fourth-order valence-electron chi connectivity index (χ4n) is 3.40. The first-order chi connectivity index (χ1) is 12.5. The Balaban J connectivity index is 1.70. The SMILES string of the molecule is Cc1cccc(N2CCN(C(=O)c3ccccc3SC(C)C)CC2)c1C. The second-order valence-electron chi connectivity index (χ2n) is 7.16. The number of amides is 1. The number of piperazine rings is 1. The van der Waals surface area contributed by atoms with Gasteiger partial charge in [-0.15, -0.1) is 11.8 Å². The first kappa shape index (κ1) is 18.8. The summed E-state index contributed by atoms with van der Waals surface area (Å²) < 4.78 is 0. The van der Waals surface area contributed by atoms with Crippen LogP contribution in [0.5, 0.6) is 0 Å². The van der Waals surface area contributed by atoms with E-state index in [2.05, 4.69) is 56.9 Å². The Hall–Kier alpha value is -1.94. The molecule has 26 heavy (non-hydrogen) atoms. The van der Waals surface area contributed by atoms with Crippen molar-refractivity contribution in [2.24, 2.45) is 0 Å². The van der Waals surface area contributed by atoms with Crippen LogP contribution in [-0.4, -0.2) is 42.2 Å². The van der Waals surface area contributed by atoms with Crippen LogP contribution in [0.25, 0.3) is 0 Å². The molecule has 0 aliphatic carbocycles. The molecule has 138 valence electrons. The number of carbonyl (C=O) groups is 1. The van der Waals surface area contributed by atoms with E-state index < -0.39 is 0 Å². The van der Waals surface area contributed by atoms with Crippen LogP contribution in [0.4, 0.5) is 5.69 Å². The molecule has 4 heteroatoms. The second-order valence-corrected chi connectivity index (χ2v) is 8.78. The monoisotopic (exact) mass is 368 g/mol. The first-order valence-electron chi connectivity index (χ1n) is 9.33. The summed E-state index contributed by atoms with van der Waals surface area (Å²) in [5.41, 5.74) is 4.80. The molecule has 2 aromatic carbocycles. The summed E-state index contributed by atoms with van der Waals surface area (Å²) in [6, 6.07) is 14.5. The summed E-state index contributed by atoms with van der Waals surface area (Å²) in [6.45, 7) is 12.0. The molecule has 0 radical (unpaired) electrons. The third-order valence-corrected chi connectivity index (χ3v) is 6.05. The van der Waals surface area contributed by atoms with Gasteiger partial charge in [0.1, 0.15) is 0 Å². The number of anilines is 1. The minimum atomic E-state index is 0.161. The lowest BCUT2D eigenvalue weighted by molar-refractivity contribution is 0.0743. The van der Waals surface area contributed by atoms with Gasteiger partial charge in [0, 0.05) is 42.0 Å². The number of rotatable bonds is 4. The third kappa shape index (κ3) is 4.07. The van der Waals surface area contributed by atoms with Crippen LogP contribution >= 0.6 is 11.8 Å². The topological polar surface area (TPSA) is 23.6 Å². The first-order valence-corrected chi connectivity index (χ1v) is 10.2. The Morgan fingerprint density at radius 3 is 2.35 bits per heavy atom. The molecule has 3 rings (SSSR count). The lowest BCUT2D eigenvalue weighted by Crippen LogP contribution is -2.49. The van der Waals surface area contributed by atoms with Crippen LogP contribution in [0, 0.1) is 13.8 Å². The largest absolute Gasteiger partial charge is 0.368 e. The van der Waals surface area contributed by atoms with E-state index in [1.54, 1.807) is 11.8 Å². The highest BCUT2D eigenvalue weighted by molar-refractivity contribution is 8.00. The summed E-state index contributed by atoms with van der Waals surface area (Å²) in [5, 5.41) is 0.463. The molecule has 0 bridgehead atoms. The smallest absolute Gasteiger partial charge is 0.255 e. The van der Waals surface area contributed by atoms with Gasteiger partial charge in [-0.05, 0) is 43.2 Å². The number of hydrogen-bond donors (Lipinski definition) is 0. The number of thioether (sulfide) groups is 1. The average Bonchev–Trinajstić information content (AvgIpc) is 2.64. The molecule has 0 N–H and O–H groups in total. The Kier molecular flexibility index (Phi) is 5.92. The summed E-state index contributed by atoms with van der Waals surface area (Å²) in [7, 11) is 0. The van der Waals surface area contributed by atoms with Crippen molar-refractivity contribution < 1.29 is 4.79 Å². The van der Waals surface area contributed by atoms with E-state index >= 15 is 0 Å². The minimum Gasteiger partial charge on any atom is -0.368 e. The van der Waals surface area contributed by atoms with Gasteiger partial charge in [-0.2, -0.15) is 0 Å². The maximum atomic E-state index is 13.1. The van der Waals surface area contributed by atoms with Crippen molar-refractivity contribution in [2.75, 3.05) is 31.1 Å². The van der Waals surface area contributed by atoms with Gasteiger partial charge in [0.15, 0.2) is 0 Å². The molecule has 0 aromatic heterocycles. The van der Waals surface area contributed by atoms with E-state index in [1.807, 2.05) is 23.1 Å². The fourth-order valence-corrected chi connectivity index (χ4v) is 4.35. The molecule has 3 nitrogen and oxygen atoms in total. The number of aryl methyl sites for hydroxylation is 1. The zero-order chi connectivity index (χ0) is 18.7. The Bertz CT molecular complexity index is 779. The van der Waals surface area contributed by atoms with Crippen LogP contribution in [-0.2, 0) is 0 Å². The number of carbonyl (C=O) groups excluding carboxylic acids is 1. The lowest BCUT2D eigenvalue weighted by atomic mass is 10.1. The maximum Gasteiger partial charge on any atom is 0.255 e. The van der Waals surface area contributed by atoms with Gasteiger partial charge < -0.3 is 9.80 Å². The molecule has 0 saturated carbocycles. The van der Waals surface area contributed by atoms with E-state index in [-0.39, 0.29) is 5.91 Å². The van der Waals surface area contributed by atoms with Crippen molar-refractivity contribution in [1.29, 1.82) is 0 Å². The summed E-state index contributed by atoms with van der Waals surface area (Å²) in [5.74, 6) is 0.161. The second kappa shape index (κ2) is 8.17. The zero-order valence-electron chi connectivity index (χ0n) is 16.2. The maximum absolute atomic E-state index is 13.1. The molecule has 0 atom stereocenters.